The minimum atomic E-state index is -0.513. The van der Waals surface area contributed by atoms with Gasteiger partial charge in [-0.3, -0.25) is 0 Å². The van der Waals surface area contributed by atoms with E-state index in [1.807, 2.05) is 7.05 Å². The molecule has 1 aromatic rings. The van der Waals surface area contributed by atoms with Gasteiger partial charge in [-0.25, -0.2) is 8.78 Å². The quantitative estimate of drug-likeness (QED) is 0.888. The summed E-state index contributed by atoms with van der Waals surface area (Å²) < 4.78 is 26.4. The van der Waals surface area contributed by atoms with E-state index in [-0.39, 0.29) is 0 Å². The second-order valence-corrected chi connectivity index (χ2v) is 5.69. The van der Waals surface area contributed by atoms with Crippen LogP contribution in [0.3, 0.4) is 0 Å². The molecule has 1 aromatic carbocycles. The lowest BCUT2D eigenvalue weighted by Gasteiger charge is -2.30. The third-order valence-electron chi connectivity index (χ3n) is 3.25. The van der Waals surface area contributed by atoms with Crippen LogP contribution in [-0.2, 0) is 0 Å². The van der Waals surface area contributed by atoms with Crippen LogP contribution in [-0.4, -0.2) is 18.3 Å². The molecule has 0 amide bonds. The van der Waals surface area contributed by atoms with Crippen molar-refractivity contribution in [3.8, 4) is 0 Å². The zero-order chi connectivity index (χ0) is 12.3. The molecule has 1 saturated carbocycles. The molecular weight excluding hydrogens is 240 g/mol. The molecule has 4 heteroatoms. The highest BCUT2D eigenvalue weighted by atomic mass is 32.2. The van der Waals surface area contributed by atoms with E-state index in [4.69, 9.17) is 0 Å². The van der Waals surface area contributed by atoms with Crippen LogP contribution in [0, 0.1) is 11.6 Å². The highest BCUT2D eigenvalue weighted by Crippen LogP contribution is 2.35. The van der Waals surface area contributed by atoms with Crippen LogP contribution in [0.2, 0.25) is 0 Å². The Balaban J connectivity index is 2.08. The van der Waals surface area contributed by atoms with Gasteiger partial charge in [0.15, 0.2) is 0 Å². The van der Waals surface area contributed by atoms with E-state index in [2.05, 4.69) is 5.32 Å². The van der Waals surface area contributed by atoms with Gasteiger partial charge < -0.3 is 5.32 Å². The number of hydrogen-bond acceptors (Lipinski definition) is 2. The van der Waals surface area contributed by atoms with Crippen molar-refractivity contribution in [3.63, 3.8) is 0 Å². The van der Waals surface area contributed by atoms with Crippen molar-refractivity contribution < 1.29 is 8.78 Å². The Morgan fingerprint density at radius 2 is 2.00 bits per heavy atom. The second kappa shape index (κ2) is 5.83. The van der Waals surface area contributed by atoms with Gasteiger partial charge in [0.25, 0.3) is 0 Å². The smallest absolute Gasteiger partial charge is 0.139 e. The maximum absolute atomic E-state index is 13.6. The first-order valence-electron chi connectivity index (χ1n) is 5.99. The molecular formula is C13H17F2NS. The molecule has 0 saturated heterocycles. The van der Waals surface area contributed by atoms with Gasteiger partial charge in [-0.15, -0.1) is 11.8 Å². The zero-order valence-corrected chi connectivity index (χ0v) is 10.7. The van der Waals surface area contributed by atoms with Gasteiger partial charge in [-0.1, -0.05) is 12.8 Å². The lowest BCUT2D eigenvalue weighted by Crippen LogP contribution is -2.38. The molecule has 1 N–H and O–H groups in total. The molecule has 2 unspecified atom stereocenters. The fourth-order valence-electron chi connectivity index (χ4n) is 2.30. The van der Waals surface area contributed by atoms with Crippen LogP contribution < -0.4 is 5.32 Å². The van der Waals surface area contributed by atoms with E-state index in [1.165, 1.54) is 36.7 Å². The molecule has 1 aliphatic carbocycles. The largest absolute Gasteiger partial charge is 0.316 e. The first kappa shape index (κ1) is 12.8. The van der Waals surface area contributed by atoms with Crippen molar-refractivity contribution in [2.24, 2.45) is 0 Å². The van der Waals surface area contributed by atoms with Crippen LogP contribution in [0.5, 0.6) is 0 Å². The maximum Gasteiger partial charge on any atom is 0.139 e. The summed E-state index contributed by atoms with van der Waals surface area (Å²) in [5.74, 6) is -0.962. The third kappa shape index (κ3) is 3.19. The van der Waals surface area contributed by atoms with Crippen molar-refractivity contribution in [1.29, 1.82) is 0 Å². The van der Waals surface area contributed by atoms with E-state index in [0.29, 0.717) is 16.2 Å². The molecule has 94 valence electrons. The highest BCUT2D eigenvalue weighted by Gasteiger charge is 2.25. The first-order valence-corrected chi connectivity index (χ1v) is 6.87. The van der Waals surface area contributed by atoms with Gasteiger partial charge in [-0.05, 0) is 32.0 Å². The Morgan fingerprint density at radius 3 is 2.71 bits per heavy atom. The molecule has 0 aromatic heterocycles. The Hall–Kier alpha value is -0.610. The normalized spacial score (nSPS) is 24.9. The van der Waals surface area contributed by atoms with Crippen LogP contribution >= 0.6 is 11.8 Å². The van der Waals surface area contributed by atoms with E-state index >= 15 is 0 Å². The molecule has 1 aliphatic rings. The third-order valence-corrected chi connectivity index (χ3v) is 4.70. The Kier molecular flexibility index (Phi) is 4.40. The lowest BCUT2D eigenvalue weighted by molar-refractivity contribution is 0.405. The predicted octanol–water partition coefficient (Wildman–Crippen LogP) is 3.59. The standard InChI is InChI=1S/C13H17F2NS/c1-16-11-4-2-3-5-13(11)17-12-7-6-9(14)8-10(12)15/h6-8,11,13,16H,2-5H2,1H3. The fourth-order valence-corrected chi connectivity index (χ4v) is 3.67. The van der Waals surface area contributed by atoms with E-state index < -0.39 is 11.6 Å². The monoisotopic (exact) mass is 257 g/mol. The van der Waals surface area contributed by atoms with Crippen LogP contribution in [0.1, 0.15) is 25.7 Å². The number of halogens is 2. The number of nitrogens with one attached hydrogen (secondary N) is 1. The number of benzene rings is 1. The Bertz CT molecular complexity index is 384. The first-order chi connectivity index (χ1) is 8.20. The van der Waals surface area contributed by atoms with Crippen molar-refractivity contribution in [2.45, 2.75) is 41.9 Å². The van der Waals surface area contributed by atoms with Gasteiger partial charge in [0.2, 0.25) is 0 Å². The molecule has 1 nitrogen and oxygen atoms in total. The molecule has 2 atom stereocenters. The van der Waals surface area contributed by atoms with Gasteiger partial charge in [-0.2, -0.15) is 0 Å². The van der Waals surface area contributed by atoms with Crippen molar-refractivity contribution in [3.05, 3.63) is 29.8 Å². The molecule has 0 bridgehead atoms. The summed E-state index contributed by atoms with van der Waals surface area (Å²) in [5.41, 5.74) is 0. The minimum absolute atomic E-state index is 0.383. The summed E-state index contributed by atoms with van der Waals surface area (Å²) in [5, 5.41) is 3.67. The van der Waals surface area contributed by atoms with Crippen LogP contribution in [0.25, 0.3) is 0 Å². The summed E-state index contributed by atoms with van der Waals surface area (Å²) in [4.78, 5) is 0.554. The highest BCUT2D eigenvalue weighted by molar-refractivity contribution is 8.00. The van der Waals surface area contributed by atoms with Crippen molar-refractivity contribution >= 4 is 11.8 Å². The SMILES string of the molecule is CNC1CCCCC1Sc1ccc(F)cc1F. The predicted molar refractivity (Wildman–Crippen MR) is 67.3 cm³/mol. The van der Waals surface area contributed by atoms with E-state index in [9.17, 15) is 8.78 Å². The zero-order valence-electron chi connectivity index (χ0n) is 9.88. The van der Waals surface area contributed by atoms with Crippen molar-refractivity contribution in [2.75, 3.05) is 7.05 Å². The number of hydrogen-bond donors (Lipinski definition) is 1. The summed E-state index contributed by atoms with van der Waals surface area (Å²) >= 11 is 1.53. The van der Waals surface area contributed by atoms with Crippen LogP contribution in [0.15, 0.2) is 23.1 Å². The topological polar surface area (TPSA) is 12.0 Å². The molecule has 0 radical (unpaired) electrons. The summed E-state index contributed by atoms with van der Waals surface area (Å²) in [6.07, 6.45) is 4.65. The number of thioether (sulfide) groups is 1. The van der Waals surface area contributed by atoms with E-state index in [0.717, 1.165) is 18.9 Å². The minimum Gasteiger partial charge on any atom is -0.316 e. The van der Waals surface area contributed by atoms with Crippen molar-refractivity contribution in [1.82, 2.24) is 5.32 Å². The molecule has 17 heavy (non-hydrogen) atoms. The molecule has 0 spiro atoms. The van der Waals surface area contributed by atoms with Crippen LogP contribution in [0.4, 0.5) is 8.78 Å². The second-order valence-electron chi connectivity index (χ2n) is 4.41. The summed E-state index contributed by atoms with van der Waals surface area (Å²) in [7, 11) is 1.95. The Labute approximate surface area is 105 Å². The molecule has 1 fully saturated rings. The molecule has 2 rings (SSSR count). The average molecular weight is 257 g/mol. The van der Waals surface area contributed by atoms with Gasteiger partial charge in [0.1, 0.15) is 11.6 Å². The summed E-state index contributed by atoms with van der Waals surface area (Å²) in [6, 6.07) is 4.25. The molecule has 0 aliphatic heterocycles. The maximum atomic E-state index is 13.6. The van der Waals surface area contributed by atoms with Gasteiger partial charge >= 0.3 is 0 Å². The lowest BCUT2D eigenvalue weighted by atomic mass is 9.95. The van der Waals surface area contributed by atoms with E-state index in [1.54, 1.807) is 0 Å². The molecule has 0 heterocycles. The number of rotatable bonds is 3. The van der Waals surface area contributed by atoms with Gasteiger partial charge in [0.05, 0.1) is 0 Å². The fraction of sp³-hybridized carbons (Fsp3) is 0.538. The van der Waals surface area contributed by atoms with Gasteiger partial charge in [0, 0.05) is 22.3 Å². The average Bonchev–Trinajstić information content (AvgIpc) is 2.33. The Morgan fingerprint density at radius 1 is 1.24 bits per heavy atom. The summed E-state index contributed by atoms with van der Waals surface area (Å²) in [6.45, 7) is 0.